The minimum absolute atomic E-state index is 0. The fraction of sp³-hybridized carbons (Fsp3) is 0.320. The van der Waals surface area contributed by atoms with Crippen molar-refractivity contribution in [1.29, 1.82) is 0 Å². The molecule has 1 aromatic carbocycles. The minimum Gasteiger partial charge on any atom is -0.480 e. The highest BCUT2D eigenvalue weighted by Gasteiger charge is 2.24. The number of carboxylic acids is 1. The molecule has 1 unspecified atom stereocenters. The smallest absolute Gasteiger partial charge is 0.322 e. The van der Waals surface area contributed by atoms with E-state index in [4.69, 9.17) is 5.11 Å². The Morgan fingerprint density at radius 2 is 1.69 bits per heavy atom. The van der Waals surface area contributed by atoms with Crippen LogP contribution in [0.2, 0.25) is 0 Å². The highest BCUT2D eigenvalue weighted by Crippen LogP contribution is 2.24. The number of rotatable bonds is 10. The molecule has 1 atom stereocenters. The molecule has 0 aliphatic carbocycles. The number of carboxylic acid groups (broad SMARTS) is 1. The first kappa shape index (κ1) is 28.2. The van der Waals surface area contributed by atoms with Gasteiger partial charge in [0.25, 0.3) is 10.0 Å². The number of anilines is 1. The number of benzene rings is 1. The van der Waals surface area contributed by atoms with Gasteiger partial charge >= 0.3 is 5.97 Å². The Bertz CT molecular complexity index is 1210. The summed E-state index contributed by atoms with van der Waals surface area (Å²) >= 11 is 0. The van der Waals surface area contributed by atoms with Crippen LogP contribution < -0.4 is 10.0 Å². The van der Waals surface area contributed by atoms with Crippen molar-refractivity contribution in [3.63, 3.8) is 0 Å². The van der Waals surface area contributed by atoms with Gasteiger partial charge in [-0.15, -0.1) is 12.4 Å². The maximum atomic E-state index is 13.0. The lowest BCUT2D eigenvalue weighted by Crippen LogP contribution is -2.31. The number of aliphatic carboxylic acids is 1. The molecule has 3 rings (SSSR count). The second-order valence-electron chi connectivity index (χ2n) is 9.29. The zero-order valence-electron chi connectivity index (χ0n) is 19.9. The summed E-state index contributed by atoms with van der Waals surface area (Å²) in [5.41, 5.74) is 2.78. The molecule has 35 heavy (non-hydrogen) atoms. The van der Waals surface area contributed by atoms with Crippen LogP contribution in [0.4, 0.5) is 5.82 Å². The van der Waals surface area contributed by atoms with Gasteiger partial charge in [-0.1, -0.05) is 57.2 Å². The third-order valence-corrected chi connectivity index (χ3v) is 6.34. The highest BCUT2D eigenvalue weighted by atomic mass is 35.5. The SMILES string of the molecule is CC(C)(C)Cc1ccc(CC(NS(=O)(=O)c2ccccn2)c2cccc(NCC(=O)O)n2)cc1.Cl. The average Bonchev–Trinajstić information content (AvgIpc) is 2.78. The molecule has 8 nitrogen and oxygen atoms in total. The first-order valence-electron chi connectivity index (χ1n) is 11.0. The summed E-state index contributed by atoms with van der Waals surface area (Å²) in [5, 5.41) is 11.6. The van der Waals surface area contributed by atoms with Crippen LogP contribution >= 0.6 is 12.4 Å². The van der Waals surface area contributed by atoms with E-state index in [1.165, 1.54) is 17.8 Å². The Hall–Kier alpha value is -3.01. The van der Waals surface area contributed by atoms with Crippen molar-refractivity contribution in [2.45, 2.75) is 44.7 Å². The second kappa shape index (κ2) is 12.1. The lowest BCUT2D eigenvalue weighted by atomic mass is 9.87. The number of carbonyl (C=O) groups is 1. The second-order valence-corrected chi connectivity index (χ2v) is 11.0. The van der Waals surface area contributed by atoms with Gasteiger partial charge < -0.3 is 10.4 Å². The van der Waals surface area contributed by atoms with Crippen LogP contribution in [0.1, 0.15) is 43.6 Å². The number of pyridine rings is 2. The molecule has 188 valence electrons. The summed E-state index contributed by atoms with van der Waals surface area (Å²) in [5.74, 6) is -0.669. The van der Waals surface area contributed by atoms with E-state index in [1.54, 1.807) is 30.3 Å². The molecule has 3 N–H and O–H groups in total. The zero-order chi connectivity index (χ0) is 24.8. The molecule has 0 spiro atoms. The van der Waals surface area contributed by atoms with Gasteiger partial charge in [-0.2, -0.15) is 0 Å². The van der Waals surface area contributed by atoms with Crippen LogP contribution in [0.5, 0.6) is 0 Å². The summed E-state index contributed by atoms with van der Waals surface area (Å²) < 4.78 is 28.8. The predicted octanol–water partition coefficient (Wildman–Crippen LogP) is 4.25. The standard InChI is InChI=1S/C25H30N4O4S.ClH/c1-25(2,3)16-19-12-10-18(11-13-19)15-21(29-34(32,33)23-9-4-5-14-26-23)20-7-6-8-22(28-20)27-17-24(30)31;/h4-14,21,29H,15-17H2,1-3H3,(H,27,28)(H,30,31);1H. The summed E-state index contributed by atoms with van der Waals surface area (Å²) in [6.07, 6.45) is 2.71. The number of halogens is 1. The molecule has 0 aliphatic rings. The van der Waals surface area contributed by atoms with Crippen LogP contribution in [-0.2, 0) is 27.7 Å². The number of hydrogen-bond acceptors (Lipinski definition) is 6. The molecule has 0 radical (unpaired) electrons. The molecule has 0 amide bonds. The molecule has 0 saturated heterocycles. The lowest BCUT2D eigenvalue weighted by molar-refractivity contribution is -0.134. The van der Waals surface area contributed by atoms with Crippen LogP contribution in [0, 0.1) is 5.41 Å². The number of hydrogen-bond donors (Lipinski definition) is 3. The third-order valence-electron chi connectivity index (χ3n) is 4.96. The fourth-order valence-electron chi connectivity index (χ4n) is 3.51. The van der Waals surface area contributed by atoms with Gasteiger partial charge in [0.1, 0.15) is 12.4 Å². The average molecular weight is 519 g/mol. The van der Waals surface area contributed by atoms with Crippen molar-refractivity contribution in [2.75, 3.05) is 11.9 Å². The summed E-state index contributed by atoms with van der Waals surface area (Å²) in [6.45, 7) is 6.25. The Morgan fingerprint density at radius 3 is 2.29 bits per heavy atom. The van der Waals surface area contributed by atoms with E-state index in [0.29, 0.717) is 17.9 Å². The Balaban J connectivity index is 0.00000432. The van der Waals surface area contributed by atoms with E-state index in [2.05, 4.69) is 52.9 Å². The molecule has 0 saturated carbocycles. The molecule has 0 aliphatic heterocycles. The van der Waals surface area contributed by atoms with Crippen LogP contribution in [0.15, 0.2) is 71.9 Å². The van der Waals surface area contributed by atoms with Gasteiger partial charge in [-0.05, 0) is 53.6 Å². The Kier molecular flexibility index (Phi) is 9.76. The van der Waals surface area contributed by atoms with Gasteiger partial charge in [0.15, 0.2) is 5.03 Å². The van der Waals surface area contributed by atoms with Crippen molar-refractivity contribution in [3.05, 3.63) is 83.7 Å². The topological polar surface area (TPSA) is 121 Å². The molecular formula is C25H31ClN4O4S. The van der Waals surface area contributed by atoms with E-state index in [0.717, 1.165) is 12.0 Å². The monoisotopic (exact) mass is 518 g/mol. The van der Waals surface area contributed by atoms with E-state index in [-0.39, 0.29) is 29.4 Å². The summed E-state index contributed by atoms with van der Waals surface area (Å²) in [4.78, 5) is 19.3. The lowest BCUT2D eigenvalue weighted by Gasteiger charge is -2.20. The van der Waals surface area contributed by atoms with E-state index >= 15 is 0 Å². The van der Waals surface area contributed by atoms with Gasteiger partial charge in [0.05, 0.1) is 11.7 Å². The van der Waals surface area contributed by atoms with E-state index in [1.807, 2.05) is 12.1 Å². The first-order chi connectivity index (χ1) is 16.0. The van der Waals surface area contributed by atoms with E-state index in [9.17, 15) is 13.2 Å². The minimum atomic E-state index is -3.91. The predicted molar refractivity (Wildman–Crippen MR) is 138 cm³/mol. The number of nitrogens with one attached hydrogen (secondary N) is 2. The summed E-state index contributed by atoms with van der Waals surface area (Å²) in [7, 11) is -3.91. The van der Waals surface area contributed by atoms with Crippen molar-refractivity contribution < 1.29 is 18.3 Å². The maximum Gasteiger partial charge on any atom is 0.322 e. The van der Waals surface area contributed by atoms with E-state index < -0.39 is 22.0 Å². The van der Waals surface area contributed by atoms with Crippen molar-refractivity contribution >= 4 is 34.2 Å². The Morgan fingerprint density at radius 1 is 1.00 bits per heavy atom. The third kappa shape index (κ3) is 8.93. The normalized spacial score (nSPS) is 12.4. The zero-order valence-corrected chi connectivity index (χ0v) is 21.6. The van der Waals surface area contributed by atoms with Crippen LogP contribution in [0.3, 0.4) is 0 Å². The van der Waals surface area contributed by atoms with Gasteiger partial charge in [-0.25, -0.2) is 23.1 Å². The van der Waals surface area contributed by atoms with Crippen molar-refractivity contribution in [1.82, 2.24) is 14.7 Å². The number of sulfonamides is 1. The van der Waals surface area contributed by atoms with Crippen LogP contribution in [-0.4, -0.2) is 36.0 Å². The van der Waals surface area contributed by atoms with Gasteiger partial charge in [0.2, 0.25) is 0 Å². The quantitative estimate of drug-likeness (QED) is 0.367. The largest absolute Gasteiger partial charge is 0.480 e. The van der Waals surface area contributed by atoms with Crippen LogP contribution in [0.25, 0.3) is 0 Å². The molecule has 0 bridgehead atoms. The number of aromatic nitrogens is 2. The van der Waals surface area contributed by atoms with Gasteiger partial charge in [0, 0.05) is 6.20 Å². The fourth-order valence-corrected chi connectivity index (χ4v) is 4.67. The Labute approximate surface area is 212 Å². The van der Waals surface area contributed by atoms with Crippen molar-refractivity contribution in [2.24, 2.45) is 5.41 Å². The molecule has 2 heterocycles. The first-order valence-corrected chi connectivity index (χ1v) is 12.4. The molecule has 3 aromatic rings. The molecule has 2 aromatic heterocycles. The summed E-state index contributed by atoms with van der Waals surface area (Å²) in [6, 6.07) is 17.2. The number of nitrogens with zero attached hydrogens (tertiary/aromatic N) is 2. The highest BCUT2D eigenvalue weighted by molar-refractivity contribution is 7.89. The maximum absolute atomic E-state index is 13.0. The molecule has 10 heteroatoms. The molecular weight excluding hydrogens is 488 g/mol. The van der Waals surface area contributed by atoms with Crippen molar-refractivity contribution in [3.8, 4) is 0 Å². The van der Waals surface area contributed by atoms with Gasteiger partial charge in [-0.3, -0.25) is 4.79 Å². The molecule has 0 fully saturated rings.